The third kappa shape index (κ3) is 3.39. The molecule has 1 aromatic heterocycles. The molecule has 1 aliphatic rings. The number of hydrogen-bond acceptors (Lipinski definition) is 2. The third-order valence-corrected chi connectivity index (χ3v) is 5.73. The van der Waals surface area contributed by atoms with Crippen LogP contribution in [0, 0.1) is 11.3 Å². The Kier molecular flexibility index (Phi) is 5.14. The second-order valence-electron chi connectivity index (χ2n) is 7.46. The van der Waals surface area contributed by atoms with Crippen LogP contribution < -0.4 is 9.80 Å². The molecule has 0 bridgehead atoms. The van der Waals surface area contributed by atoms with Gasteiger partial charge in [-0.15, -0.1) is 0 Å². The predicted molar refractivity (Wildman–Crippen MR) is 110 cm³/mol. The maximum absolute atomic E-state index is 13.2. The average Bonchev–Trinajstić information content (AvgIpc) is 3.33. The summed E-state index contributed by atoms with van der Waals surface area (Å²) in [4.78, 5) is 16.4. The molecule has 5 heteroatoms. The first-order valence-electron chi connectivity index (χ1n) is 9.84. The average molecular weight is 373 g/mol. The van der Waals surface area contributed by atoms with Crippen molar-refractivity contribution in [3.63, 3.8) is 0 Å². The molecule has 28 heavy (non-hydrogen) atoms. The van der Waals surface area contributed by atoms with E-state index in [-0.39, 0.29) is 5.91 Å². The summed E-state index contributed by atoms with van der Waals surface area (Å²) >= 11 is 0. The van der Waals surface area contributed by atoms with Gasteiger partial charge in [0.25, 0.3) is 5.91 Å². The quantitative estimate of drug-likeness (QED) is 0.746. The molecular formula is C23H25N4O+. The van der Waals surface area contributed by atoms with Crippen molar-refractivity contribution in [2.24, 2.45) is 7.05 Å². The molecule has 0 spiro atoms. The molecule has 0 saturated carbocycles. The molecule has 4 rings (SSSR count). The lowest BCUT2D eigenvalue weighted by Gasteiger charge is -2.24. The summed E-state index contributed by atoms with van der Waals surface area (Å²) in [7, 11) is 1.97. The number of likely N-dealkylation sites (tertiary alicyclic amines) is 1. The second-order valence-corrected chi connectivity index (χ2v) is 7.46. The van der Waals surface area contributed by atoms with E-state index in [4.69, 9.17) is 0 Å². The van der Waals surface area contributed by atoms with Gasteiger partial charge in [-0.05, 0) is 18.2 Å². The predicted octanol–water partition coefficient (Wildman–Crippen LogP) is 2.26. The largest absolute Gasteiger partial charge is 0.345 e. The van der Waals surface area contributed by atoms with Gasteiger partial charge in [0.15, 0.2) is 6.54 Å². The van der Waals surface area contributed by atoms with Gasteiger partial charge in [0.1, 0.15) is 6.07 Å². The molecule has 1 saturated heterocycles. The standard InChI is InChI=1S/C23H24N4O/c1-25-21-12-6-5-11-19(21)20(15-24)22(25)16-27(18-9-3-2-4-10-18)23(28)17-26-13-7-8-14-26/h2-6,9-12H,7-8,13-14,16-17H2,1H3/p+1. The lowest BCUT2D eigenvalue weighted by Crippen LogP contribution is -3.11. The first kappa shape index (κ1) is 18.3. The van der Waals surface area contributed by atoms with Gasteiger partial charge in [-0.2, -0.15) is 5.26 Å². The van der Waals surface area contributed by atoms with E-state index in [1.54, 1.807) is 0 Å². The fraction of sp³-hybridized carbons (Fsp3) is 0.304. The van der Waals surface area contributed by atoms with Crippen molar-refractivity contribution in [3.05, 3.63) is 65.9 Å². The number of carbonyl (C=O) groups excluding carboxylic acids is 1. The van der Waals surface area contributed by atoms with Crippen LogP contribution in [0.3, 0.4) is 0 Å². The minimum atomic E-state index is 0.109. The molecule has 1 amide bonds. The Bertz CT molecular complexity index is 1030. The van der Waals surface area contributed by atoms with E-state index in [0.29, 0.717) is 18.7 Å². The van der Waals surface area contributed by atoms with Crippen LogP contribution in [0.5, 0.6) is 0 Å². The van der Waals surface area contributed by atoms with E-state index in [2.05, 4.69) is 6.07 Å². The molecule has 142 valence electrons. The van der Waals surface area contributed by atoms with E-state index in [1.807, 2.05) is 71.1 Å². The lowest BCUT2D eigenvalue weighted by molar-refractivity contribution is -0.878. The number of nitrogens with zero attached hydrogens (tertiary/aromatic N) is 3. The first-order chi connectivity index (χ1) is 13.7. The van der Waals surface area contributed by atoms with Crippen LogP contribution in [0.2, 0.25) is 0 Å². The molecule has 1 N–H and O–H groups in total. The van der Waals surface area contributed by atoms with Gasteiger partial charge < -0.3 is 14.4 Å². The normalized spacial score (nSPS) is 14.3. The van der Waals surface area contributed by atoms with Crippen LogP contribution >= 0.6 is 0 Å². The number of nitrogens with one attached hydrogen (secondary N) is 1. The molecule has 2 heterocycles. The Balaban J connectivity index is 1.72. The Labute approximate surface area is 165 Å². The maximum atomic E-state index is 13.2. The van der Waals surface area contributed by atoms with Crippen molar-refractivity contribution in [1.29, 1.82) is 5.26 Å². The van der Waals surface area contributed by atoms with Crippen LogP contribution in [0.1, 0.15) is 24.1 Å². The number of fused-ring (bicyclic) bond motifs is 1. The highest BCUT2D eigenvalue weighted by Gasteiger charge is 2.26. The summed E-state index contributed by atoms with van der Waals surface area (Å²) in [6.07, 6.45) is 2.38. The summed E-state index contributed by atoms with van der Waals surface area (Å²) in [5.41, 5.74) is 3.41. The van der Waals surface area contributed by atoms with E-state index in [1.165, 1.54) is 17.7 Å². The minimum Gasteiger partial charge on any atom is -0.345 e. The topological polar surface area (TPSA) is 53.5 Å². The highest BCUT2D eigenvalue weighted by Crippen LogP contribution is 2.27. The van der Waals surface area contributed by atoms with E-state index in [9.17, 15) is 10.1 Å². The number of anilines is 1. The van der Waals surface area contributed by atoms with Gasteiger partial charge in [0.2, 0.25) is 0 Å². The molecule has 3 aromatic rings. The zero-order valence-electron chi connectivity index (χ0n) is 16.2. The molecule has 0 unspecified atom stereocenters. The number of carbonyl (C=O) groups is 1. The van der Waals surface area contributed by atoms with Crippen LogP contribution in [0.25, 0.3) is 10.9 Å². The number of aryl methyl sites for hydroxylation is 1. The van der Waals surface area contributed by atoms with Crippen molar-refractivity contribution in [1.82, 2.24) is 4.57 Å². The maximum Gasteiger partial charge on any atom is 0.282 e. The molecule has 0 radical (unpaired) electrons. The SMILES string of the molecule is Cn1c(CN(C(=O)C[NH+]2CCCC2)c2ccccc2)c(C#N)c2ccccc21. The number of nitriles is 1. The highest BCUT2D eigenvalue weighted by atomic mass is 16.2. The van der Waals surface area contributed by atoms with Crippen molar-refractivity contribution in [2.75, 3.05) is 24.5 Å². The first-order valence-corrected chi connectivity index (χ1v) is 9.84. The molecule has 1 aliphatic heterocycles. The molecule has 2 aromatic carbocycles. The minimum absolute atomic E-state index is 0.109. The molecular weight excluding hydrogens is 348 g/mol. The second kappa shape index (κ2) is 7.87. The number of benzene rings is 2. The van der Waals surface area contributed by atoms with Crippen LogP contribution in [-0.4, -0.2) is 30.1 Å². The number of amides is 1. The summed E-state index contributed by atoms with van der Waals surface area (Å²) < 4.78 is 2.04. The number of para-hydroxylation sites is 2. The van der Waals surface area contributed by atoms with E-state index in [0.717, 1.165) is 35.4 Å². The van der Waals surface area contributed by atoms with E-state index < -0.39 is 0 Å². The summed E-state index contributed by atoms with van der Waals surface area (Å²) in [6, 6.07) is 20.1. The van der Waals surface area contributed by atoms with Gasteiger partial charge in [-0.3, -0.25) is 4.79 Å². The van der Waals surface area contributed by atoms with Crippen molar-refractivity contribution in [3.8, 4) is 6.07 Å². The third-order valence-electron chi connectivity index (χ3n) is 5.73. The van der Waals surface area contributed by atoms with E-state index >= 15 is 0 Å². The smallest absolute Gasteiger partial charge is 0.282 e. The van der Waals surface area contributed by atoms with Crippen LogP contribution in [-0.2, 0) is 18.4 Å². The van der Waals surface area contributed by atoms with Crippen molar-refractivity contribution >= 4 is 22.5 Å². The van der Waals surface area contributed by atoms with Crippen molar-refractivity contribution in [2.45, 2.75) is 19.4 Å². The van der Waals surface area contributed by atoms with Gasteiger partial charge in [-0.1, -0.05) is 36.4 Å². The van der Waals surface area contributed by atoms with Gasteiger partial charge >= 0.3 is 0 Å². The Morgan fingerprint density at radius 1 is 1.11 bits per heavy atom. The monoisotopic (exact) mass is 373 g/mol. The van der Waals surface area contributed by atoms with Gasteiger partial charge in [-0.25, -0.2) is 0 Å². The lowest BCUT2D eigenvalue weighted by atomic mass is 10.1. The van der Waals surface area contributed by atoms with Crippen molar-refractivity contribution < 1.29 is 9.69 Å². The fourth-order valence-corrected chi connectivity index (χ4v) is 4.20. The zero-order chi connectivity index (χ0) is 19.5. The summed E-state index contributed by atoms with van der Waals surface area (Å²) in [5.74, 6) is 0.109. The number of quaternary nitrogens is 1. The molecule has 0 aliphatic carbocycles. The fourth-order valence-electron chi connectivity index (χ4n) is 4.20. The molecule has 1 fully saturated rings. The summed E-state index contributed by atoms with van der Waals surface area (Å²) in [6.45, 7) is 3.02. The number of hydrogen-bond donors (Lipinski definition) is 1. The van der Waals surface area contributed by atoms with Gasteiger partial charge in [0, 0.05) is 36.5 Å². The number of rotatable bonds is 5. The Morgan fingerprint density at radius 3 is 2.50 bits per heavy atom. The molecule has 5 nitrogen and oxygen atoms in total. The number of aromatic nitrogens is 1. The van der Waals surface area contributed by atoms with Crippen LogP contribution in [0.4, 0.5) is 5.69 Å². The Morgan fingerprint density at radius 2 is 1.79 bits per heavy atom. The Hall–Kier alpha value is -3.10. The van der Waals surface area contributed by atoms with Gasteiger partial charge in [0.05, 0.1) is 30.9 Å². The van der Waals surface area contributed by atoms with Crippen LogP contribution in [0.15, 0.2) is 54.6 Å². The summed E-state index contributed by atoms with van der Waals surface area (Å²) in [5, 5.41) is 10.7. The zero-order valence-corrected chi connectivity index (χ0v) is 16.2. The molecule has 0 atom stereocenters. The highest BCUT2D eigenvalue weighted by molar-refractivity contribution is 5.95.